The number of likely N-dealkylation sites (tertiary alicyclic amines) is 1. The molecule has 1 aliphatic heterocycles. The van der Waals surface area contributed by atoms with Crippen LogP contribution < -0.4 is 0 Å². The molecule has 0 unspecified atom stereocenters. The van der Waals surface area contributed by atoms with E-state index in [1.54, 1.807) is 11.9 Å². The highest BCUT2D eigenvalue weighted by molar-refractivity contribution is 5.77. The molecule has 19 heavy (non-hydrogen) atoms. The Hall–Kier alpha value is -1.46. The zero-order chi connectivity index (χ0) is 13.8. The average molecular weight is 267 g/mol. The molecule has 4 nitrogen and oxygen atoms in total. The quantitative estimate of drug-likeness (QED) is 0.773. The lowest BCUT2D eigenvalue weighted by atomic mass is 10.1. The normalized spacial score (nSPS) is 27.4. The summed E-state index contributed by atoms with van der Waals surface area (Å²) in [6, 6.07) is 8.71. The third-order valence-corrected chi connectivity index (χ3v) is 3.34. The molecular formula is C14H18FNO3. The summed E-state index contributed by atoms with van der Waals surface area (Å²) >= 11 is 0. The van der Waals surface area contributed by atoms with E-state index in [0.717, 1.165) is 5.56 Å². The Balaban J connectivity index is 1.96. The maximum Gasteiger partial charge on any atom is 0.326 e. The van der Waals surface area contributed by atoms with Crippen LogP contribution in [0.1, 0.15) is 5.56 Å². The van der Waals surface area contributed by atoms with Crippen molar-refractivity contribution in [3.8, 4) is 0 Å². The average Bonchev–Trinajstić information content (AvgIpc) is 2.71. The van der Waals surface area contributed by atoms with Crippen molar-refractivity contribution < 1.29 is 18.7 Å². The molecule has 0 amide bonds. The predicted octanol–water partition coefficient (Wildman–Crippen LogP) is 1.40. The van der Waals surface area contributed by atoms with Crippen LogP contribution in [0.5, 0.6) is 0 Å². The zero-order valence-corrected chi connectivity index (χ0v) is 11.1. The maximum absolute atomic E-state index is 13.6. The number of carbonyl (C=O) groups excluding carboxylic acids is 1. The third-order valence-electron chi connectivity index (χ3n) is 3.34. The number of carbonyl (C=O) groups is 1. The van der Waals surface area contributed by atoms with Crippen molar-refractivity contribution in [2.75, 3.05) is 20.7 Å². The first-order chi connectivity index (χ1) is 9.13. The second-order valence-electron chi connectivity index (χ2n) is 4.69. The number of methoxy groups -OCH3 is 1. The fraction of sp³-hybridized carbons (Fsp3) is 0.500. The van der Waals surface area contributed by atoms with Crippen LogP contribution in [0, 0.1) is 0 Å². The van der Waals surface area contributed by atoms with Gasteiger partial charge in [-0.3, -0.25) is 9.69 Å². The summed E-state index contributed by atoms with van der Waals surface area (Å²) in [6.45, 7) is 0.376. The number of hydrogen-bond acceptors (Lipinski definition) is 4. The number of nitrogens with zero attached hydrogens (tertiary/aromatic N) is 1. The molecule has 5 heteroatoms. The molecular weight excluding hydrogens is 249 g/mol. The second kappa shape index (κ2) is 6.12. The predicted molar refractivity (Wildman–Crippen MR) is 68.3 cm³/mol. The van der Waals surface area contributed by atoms with Crippen molar-refractivity contribution in [2.45, 2.75) is 24.9 Å². The highest BCUT2D eigenvalue weighted by Gasteiger charge is 2.45. The molecule has 0 saturated carbocycles. The summed E-state index contributed by atoms with van der Waals surface area (Å²) in [5.74, 6) is -0.446. The van der Waals surface area contributed by atoms with Crippen molar-refractivity contribution in [3.63, 3.8) is 0 Å². The van der Waals surface area contributed by atoms with Crippen LogP contribution in [0.2, 0.25) is 0 Å². The van der Waals surface area contributed by atoms with E-state index >= 15 is 0 Å². The standard InChI is InChI=1S/C14H18FNO3/c1-16-8-11(15)13(18-2)12(16)14(17)19-9-10-6-4-3-5-7-10/h3-7,11-13H,8-9H2,1-2H3/t11-,12-,13+/m0/s1. The third kappa shape index (κ3) is 3.11. The van der Waals surface area contributed by atoms with Gasteiger partial charge in [0.15, 0.2) is 0 Å². The van der Waals surface area contributed by atoms with Crippen LogP contribution in [-0.4, -0.2) is 49.9 Å². The molecule has 0 radical (unpaired) electrons. The largest absolute Gasteiger partial charge is 0.460 e. The molecule has 1 aliphatic rings. The van der Waals surface area contributed by atoms with Crippen LogP contribution in [0.25, 0.3) is 0 Å². The van der Waals surface area contributed by atoms with Crippen LogP contribution in [-0.2, 0) is 20.9 Å². The van der Waals surface area contributed by atoms with E-state index in [-0.39, 0.29) is 13.2 Å². The molecule has 0 aliphatic carbocycles. The number of ether oxygens (including phenoxy) is 2. The van der Waals surface area contributed by atoms with Gasteiger partial charge >= 0.3 is 5.97 Å². The Labute approximate surface area is 112 Å². The maximum atomic E-state index is 13.6. The Kier molecular flexibility index (Phi) is 4.50. The Bertz CT molecular complexity index is 426. The van der Waals surface area contributed by atoms with Gasteiger partial charge < -0.3 is 9.47 Å². The van der Waals surface area contributed by atoms with Crippen molar-refractivity contribution in [2.24, 2.45) is 0 Å². The van der Waals surface area contributed by atoms with Gasteiger partial charge in [-0.25, -0.2) is 4.39 Å². The van der Waals surface area contributed by atoms with Crippen molar-refractivity contribution >= 4 is 5.97 Å². The van der Waals surface area contributed by atoms with E-state index < -0.39 is 24.3 Å². The van der Waals surface area contributed by atoms with E-state index in [0.29, 0.717) is 0 Å². The van der Waals surface area contributed by atoms with Gasteiger partial charge in [-0.2, -0.15) is 0 Å². The van der Waals surface area contributed by atoms with Gasteiger partial charge in [0, 0.05) is 13.7 Å². The lowest BCUT2D eigenvalue weighted by Gasteiger charge is -2.22. The minimum atomic E-state index is -1.16. The van der Waals surface area contributed by atoms with Crippen LogP contribution in [0.3, 0.4) is 0 Å². The summed E-state index contributed by atoms with van der Waals surface area (Å²) in [7, 11) is 3.11. The molecule has 0 N–H and O–H groups in total. The van der Waals surface area contributed by atoms with Crippen LogP contribution in [0.4, 0.5) is 4.39 Å². The fourth-order valence-electron chi connectivity index (χ4n) is 2.35. The zero-order valence-electron chi connectivity index (χ0n) is 11.1. The molecule has 1 fully saturated rings. The topological polar surface area (TPSA) is 38.8 Å². The molecule has 3 atom stereocenters. The number of likely N-dealkylation sites (N-methyl/N-ethyl adjacent to an activating group) is 1. The van der Waals surface area contributed by atoms with Gasteiger partial charge in [0.1, 0.15) is 24.9 Å². The minimum Gasteiger partial charge on any atom is -0.460 e. The minimum absolute atomic E-state index is 0.184. The Morgan fingerprint density at radius 2 is 2.11 bits per heavy atom. The molecule has 0 bridgehead atoms. The summed E-state index contributed by atoms with van der Waals surface area (Å²) in [5.41, 5.74) is 0.905. The van der Waals surface area contributed by atoms with E-state index in [1.807, 2.05) is 30.3 Å². The van der Waals surface area contributed by atoms with Gasteiger partial charge in [0.25, 0.3) is 0 Å². The van der Waals surface area contributed by atoms with Crippen molar-refractivity contribution in [1.82, 2.24) is 4.90 Å². The molecule has 0 aromatic heterocycles. The molecule has 1 heterocycles. The lowest BCUT2D eigenvalue weighted by Crippen LogP contribution is -2.42. The van der Waals surface area contributed by atoms with E-state index in [1.165, 1.54) is 7.11 Å². The van der Waals surface area contributed by atoms with Crippen molar-refractivity contribution in [1.29, 1.82) is 0 Å². The summed E-state index contributed by atoms with van der Waals surface area (Å²) in [5, 5.41) is 0. The number of hydrogen-bond donors (Lipinski definition) is 0. The first-order valence-corrected chi connectivity index (χ1v) is 6.21. The van der Waals surface area contributed by atoms with Crippen molar-refractivity contribution in [3.05, 3.63) is 35.9 Å². The molecule has 0 spiro atoms. The fourth-order valence-corrected chi connectivity index (χ4v) is 2.35. The highest BCUT2D eigenvalue weighted by Crippen LogP contribution is 2.23. The number of rotatable bonds is 4. The van der Waals surface area contributed by atoms with Gasteiger partial charge in [-0.1, -0.05) is 30.3 Å². The molecule has 1 aromatic rings. The van der Waals surface area contributed by atoms with E-state index in [9.17, 15) is 9.18 Å². The number of benzene rings is 1. The van der Waals surface area contributed by atoms with E-state index in [2.05, 4.69) is 0 Å². The number of alkyl halides is 1. The number of halogens is 1. The Morgan fingerprint density at radius 1 is 1.42 bits per heavy atom. The smallest absolute Gasteiger partial charge is 0.326 e. The first-order valence-electron chi connectivity index (χ1n) is 6.21. The van der Waals surface area contributed by atoms with E-state index in [4.69, 9.17) is 9.47 Å². The number of esters is 1. The van der Waals surface area contributed by atoms with Gasteiger partial charge in [0.2, 0.25) is 0 Å². The van der Waals surface area contributed by atoms with Crippen LogP contribution in [0.15, 0.2) is 30.3 Å². The molecule has 1 saturated heterocycles. The molecule has 1 aromatic carbocycles. The highest BCUT2D eigenvalue weighted by atomic mass is 19.1. The van der Waals surface area contributed by atoms with Gasteiger partial charge in [-0.05, 0) is 12.6 Å². The van der Waals surface area contributed by atoms with Gasteiger partial charge in [-0.15, -0.1) is 0 Å². The van der Waals surface area contributed by atoms with Gasteiger partial charge in [0.05, 0.1) is 0 Å². The monoisotopic (exact) mass is 267 g/mol. The second-order valence-corrected chi connectivity index (χ2v) is 4.69. The molecule has 104 valence electrons. The van der Waals surface area contributed by atoms with Crippen LogP contribution >= 0.6 is 0 Å². The Morgan fingerprint density at radius 3 is 2.74 bits per heavy atom. The lowest BCUT2D eigenvalue weighted by molar-refractivity contribution is -0.153. The summed E-state index contributed by atoms with van der Waals surface area (Å²) in [4.78, 5) is 13.7. The summed E-state index contributed by atoms with van der Waals surface area (Å²) < 4.78 is 23.9. The summed E-state index contributed by atoms with van der Waals surface area (Å²) in [6.07, 6.45) is -1.92. The SMILES string of the molecule is CO[C@H]1[C@@H](C(=O)OCc2ccccc2)N(C)C[C@@H]1F. The first kappa shape index (κ1) is 14.0. The molecule has 2 rings (SSSR count).